The normalized spacial score (nSPS) is 49.1. The Balaban J connectivity index is 2.35. The van der Waals surface area contributed by atoms with Crippen LogP contribution in [0.3, 0.4) is 0 Å². The average molecular weight is 138 g/mol. The number of rotatable bonds is 0. The number of carbonyl (C=O) groups is 1. The molecule has 2 rings (SSSR count). The third kappa shape index (κ3) is 0.415. The molecule has 10 heavy (non-hydrogen) atoms. The summed E-state index contributed by atoms with van der Waals surface area (Å²) in [6, 6.07) is 0. The third-order valence-electron chi connectivity index (χ3n) is 3.96. The fraction of sp³-hybridized carbons (Fsp3) is 0.889. The van der Waals surface area contributed by atoms with Gasteiger partial charge in [0.1, 0.15) is 5.78 Å². The molecule has 0 aliphatic heterocycles. The van der Waals surface area contributed by atoms with Crippen LogP contribution in [0.5, 0.6) is 0 Å². The van der Waals surface area contributed by atoms with Crippen molar-refractivity contribution in [3.05, 3.63) is 0 Å². The van der Waals surface area contributed by atoms with Crippen LogP contribution < -0.4 is 0 Å². The van der Waals surface area contributed by atoms with E-state index in [2.05, 4.69) is 20.8 Å². The predicted molar refractivity (Wildman–Crippen MR) is 39.6 cm³/mol. The van der Waals surface area contributed by atoms with E-state index in [9.17, 15) is 4.79 Å². The predicted octanol–water partition coefficient (Wildman–Crippen LogP) is 2.01. The van der Waals surface area contributed by atoms with E-state index in [4.69, 9.17) is 0 Å². The van der Waals surface area contributed by atoms with Crippen LogP contribution in [0.15, 0.2) is 0 Å². The number of carbonyl (C=O) groups excluding carboxylic acids is 1. The van der Waals surface area contributed by atoms with Gasteiger partial charge >= 0.3 is 0 Å². The lowest BCUT2D eigenvalue weighted by Gasteiger charge is -2.11. The Morgan fingerprint density at radius 2 is 2.00 bits per heavy atom. The average Bonchev–Trinajstić information content (AvgIpc) is 2.16. The zero-order chi connectivity index (χ0) is 7.57. The van der Waals surface area contributed by atoms with Gasteiger partial charge in [-0.3, -0.25) is 4.79 Å². The molecule has 0 N–H and O–H groups in total. The Morgan fingerprint density at radius 3 is 2.20 bits per heavy atom. The SMILES string of the molecule is CC1(C)[C@@H]2C(=O)CC[C@@]21C. The highest BCUT2D eigenvalue weighted by Gasteiger charge is 2.73. The van der Waals surface area contributed by atoms with Gasteiger partial charge in [0.2, 0.25) is 0 Å². The van der Waals surface area contributed by atoms with E-state index in [0.717, 1.165) is 12.8 Å². The molecule has 2 fully saturated rings. The summed E-state index contributed by atoms with van der Waals surface area (Å²) in [5, 5.41) is 0. The number of Topliss-reactive ketones (excluding diaryl/α,β-unsaturated/α-hetero) is 1. The molecule has 0 amide bonds. The standard InChI is InChI=1S/C9H14O/c1-8(2)7-6(10)4-5-9(7,8)3/h7H,4-5H2,1-3H3/t7-,9-/m0/s1. The Morgan fingerprint density at radius 1 is 1.40 bits per heavy atom. The molecule has 0 aromatic heterocycles. The largest absolute Gasteiger partial charge is 0.299 e. The van der Waals surface area contributed by atoms with Gasteiger partial charge in [0.25, 0.3) is 0 Å². The number of hydrogen-bond donors (Lipinski definition) is 0. The summed E-state index contributed by atoms with van der Waals surface area (Å²) >= 11 is 0. The van der Waals surface area contributed by atoms with Crippen molar-refractivity contribution < 1.29 is 4.79 Å². The van der Waals surface area contributed by atoms with Crippen molar-refractivity contribution in [2.24, 2.45) is 16.7 Å². The van der Waals surface area contributed by atoms with Gasteiger partial charge in [0.05, 0.1) is 0 Å². The van der Waals surface area contributed by atoms with Gasteiger partial charge in [0.15, 0.2) is 0 Å². The van der Waals surface area contributed by atoms with Crippen molar-refractivity contribution in [3.63, 3.8) is 0 Å². The van der Waals surface area contributed by atoms with Gasteiger partial charge in [-0.15, -0.1) is 0 Å². The molecular weight excluding hydrogens is 124 g/mol. The summed E-state index contributed by atoms with van der Waals surface area (Å²) in [6.07, 6.45) is 1.97. The first-order chi connectivity index (χ1) is 4.50. The molecule has 1 nitrogen and oxygen atoms in total. The monoisotopic (exact) mass is 138 g/mol. The maximum Gasteiger partial charge on any atom is 0.137 e. The molecule has 0 aromatic rings. The lowest BCUT2D eigenvalue weighted by atomic mass is 9.93. The van der Waals surface area contributed by atoms with Crippen molar-refractivity contribution in [3.8, 4) is 0 Å². The van der Waals surface area contributed by atoms with Gasteiger partial charge in [-0.25, -0.2) is 0 Å². The molecule has 56 valence electrons. The Hall–Kier alpha value is -0.330. The summed E-state index contributed by atoms with van der Waals surface area (Å²) in [7, 11) is 0. The zero-order valence-electron chi connectivity index (χ0n) is 6.90. The van der Waals surface area contributed by atoms with Crippen LogP contribution in [-0.2, 0) is 4.79 Å². The summed E-state index contributed by atoms with van der Waals surface area (Å²) in [4.78, 5) is 11.2. The minimum absolute atomic E-state index is 0.322. The van der Waals surface area contributed by atoms with Crippen LogP contribution in [0.1, 0.15) is 33.6 Å². The van der Waals surface area contributed by atoms with Crippen LogP contribution in [0.4, 0.5) is 0 Å². The van der Waals surface area contributed by atoms with E-state index >= 15 is 0 Å². The summed E-state index contributed by atoms with van der Waals surface area (Å²) in [5.74, 6) is 0.910. The molecule has 1 heteroatoms. The molecule has 0 bridgehead atoms. The van der Waals surface area contributed by atoms with Crippen LogP contribution in [0.25, 0.3) is 0 Å². The number of ketones is 1. The molecule has 0 saturated heterocycles. The molecule has 0 unspecified atom stereocenters. The first kappa shape index (κ1) is 6.38. The van der Waals surface area contributed by atoms with Crippen molar-refractivity contribution in [2.75, 3.05) is 0 Å². The lowest BCUT2D eigenvalue weighted by molar-refractivity contribution is -0.119. The maximum atomic E-state index is 11.2. The number of hydrogen-bond acceptors (Lipinski definition) is 1. The van der Waals surface area contributed by atoms with Crippen molar-refractivity contribution >= 4 is 5.78 Å². The van der Waals surface area contributed by atoms with E-state index in [0.29, 0.717) is 22.5 Å². The second-order valence-electron chi connectivity index (χ2n) is 4.54. The second kappa shape index (κ2) is 1.32. The van der Waals surface area contributed by atoms with Gasteiger partial charge in [-0.05, 0) is 17.3 Å². The van der Waals surface area contributed by atoms with Crippen molar-refractivity contribution in [1.82, 2.24) is 0 Å². The summed E-state index contributed by atoms with van der Waals surface area (Å²) in [5.41, 5.74) is 0.701. The van der Waals surface area contributed by atoms with Crippen LogP contribution in [0.2, 0.25) is 0 Å². The topological polar surface area (TPSA) is 17.1 Å². The second-order valence-corrected chi connectivity index (χ2v) is 4.54. The summed E-state index contributed by atoms with van der Waals surface area (Å²) < 4.78 is 0. The highest BCUT2D eigenvalue weighted by atomic mass is 16.1. The molecular formula is C9H14O. The van der Waals surface area contributed by atoms with Crippen molar-refractivity contribution in [1.29, 1.82) is 0 Å². The van der Waals surface area contributed by atoms with Crippen LogP contribution in [-0.4, -0.2) is 5.78 Å². The molecule has 2 aliphatic rings. The van der Waals surface area contributed by atoms with E-state index in [1.807, 2.05) is 0 Å². The molecule has 0 radical (unpaired) electrons. The zero-order valence-corrected chi connectivity index (χ0v) is 6.90. The first-order valence-corrected chi connectivity index (χ1v) is 4.03. The molecule has 0 heterocycles. The molecule has 0 spiro atoms. The quantitative estimate of drug-likeness (QED) is 0.500. The van der Waals surface area contributed by atoms with Gasteiger partial charge in [-0.1, -0.05) is 20.8 Å². The third-order valence-corrected chi connectivity index (χ3v) is 3.96. The van der Waals surface area contributed by atoms with Crippen LogP contribution in [0, 0.1) is 16.7 Å². The highest BCUT2D eigenvalue weighted by molar-refractivity contribution is 5.89. The minimum atomic E-state index is 0.322. The van der Waals surface area contributed by atoms with Gasteiger partial charge < -0.3 is 0 Å². The van der Waals surface area contributed by atoms with E-state index < -0.39 is 0 Å². The van der Waals surface area contributed by atoms with Gasteiger partial charge in [0, 0.05) is 12.3 Å². The van der Waals surface area contributed by atoms with Crippen molar-refractivity contribution in [2.45, 2.75) is 33.6 Å². The fourth-order valence-corrected chi connectivity index (χ4v) is 2.82. The summed E-state index contributed by atoms with van der Waals surface area (Å²) in [6.45, 7) is 6.69. The maximum absolute atomic E-state index is 11.2. The Labute approximate surface area is 61.8 Å². The smallest absolute Gasteiger partial charge is 0.137 e. The molecule has 0 aromatic carbocycles. The molecule has 2 atom stereocenters. The Bertz CT molecular complexity index is 205. The van der Waals surface area contributed by atoms with E-state index in [-0.39, 0.29) is 0 Å². The molecule has 2 saturated carbocycles. The van der Waals surface area contributed by atoms with Gasteiger partial charge in [-0.2, -0.15) is 0 Å². The Kier molecular flexibility index (Phi) is 0.842. The van der Waals surface area contributed by atoms with Crippen LogP contribution >= 0.6 is 0 Å². The number of fused-ring (bicyclic) bond motifs is 1. The fourth-order valence-electron chi connectivity index (χ4n) is 2.82. The minimum Gasteiger partial charge on any atom is -0.299 e. The first-order valence-electron chi connectivity index (χ1n) is 4.03. The lowest BCUT2D eigenvalue weighted by Crippen LogP contribution is -2.06. The van der Waals surface area contributed by atoms with E-state index in [1.54, 1.807) is 0 Å². The highest BCUT2D eigenvalue weighted by Crippen LogP contribution is 2.74. The molecule has 2 aliphatic carbocycles. The van der Waals surface area contributed by atoms with E-state index in [1.165, 1.54) is 0 Å².